The molecule has 0 aliphatic rings. The number of rotatable bonds is 1. The predicted molar refractivity (Wildman–Crippen MR) is 80.3 cm³/mol. The molecule has 3 aromatic carbocycles. The zero-order valence-electron chi connectivity index (χ0n) is 11.2. The molecule has 0 fully saturated rings. The molecule has 0 aliphatic heterocycles. The lowest BCUT2D eigenvalue weighted by Crippen LogP contribution is -1.91. The minimum atomic E-state index is 1.09. The van der Waals surface area contributed by atoms with E-state index < -0.39 is 0 Å². The minimum absolute atomic E-state index is 1.09. The number of fused-ring (bicyclic) bond motifs is 2. The van der Waals surface area contributed by atoms with Crippen molar-refractivity contribution in [3.05, 3.63) is 59.2 Å². The molecular weight excluding hydrogens is 216 g/mol. The summed E-state index contributed by atoms with van der Waals surface area (Å²) in [6, 6.07) is 15.5. The summed E-state index contributed by atoms with van der Waals surface area (Å²) in [5.74, 6) is 0. The van der Waals surface area contributed by atoms with E-state index in [1.165, 1.54) is 38.2 Å². The van der Waals surface area contributed by atoms with Crippen LogP contribution < -0.4 is 0 Å². The Morgan fingerprint density at radius 1 is 0.889 bits per heavy atom. The van der Waals surface area contributed by atoms with E-state index in [4.69, 9.17) is 0 Å². The van der Waals surface area contributed by atoms with Gasteiger partial charge < -0.3 is 0 Å². The van der Waals surface area contributed by atoms with Crippen LogP contribution in [0.4, 0.5) is 0 Å². The number of hydrogen-bond acceptors (Lipinski definition) is 0. The van der Waals surface area contributed by atoms with Gasteiger partial charge in [0.2, 0.25) is 0 Å². The van der Waals surface area contributed by atoms with E-state index in [9.17, 15) is 0 Å². The van der Waals surface area contributed by atoms with Crippen LogP contribution in [-0.4, -0.2) is 0 Å². The van der Waals surface area contributed by atoms with Gasteiger partial charge in [-0.25, -0.2) is 0 Å². The van der Waals surface area contributed by atoms with E-state index >= 15 is 0 Å². The minimum Gasteiger partial charge on any atom is -0.0616 e. The maximum atomic E-state index is 2.34. The van der Waals surface area contributed by atoms with Gasteiger partial charge in [0.25, 0.3) is 0 Å². The smallest absolute Gasteiger partial charge is 0.0114 e. The topological polar surface area (TPSA) is 0 Å². The van der Waals surface area contributed by atoms with Gasteiger partial charge in [-0.3, -0.25) is 0 Å². The lowest BCUT2D eigenvalue weighted by Gasteiger charge is -2.13. The van der Waals surface area contributed by atoms with Gasteiger partial charge in [0.15, 0.2) is 0 Å². The molecule has 0 atom stereocenters. The van der Waals surface area contributed by atoms with Crippen LogP contribution in [0.2, 0.25) is 0 Å². The summed E-state index contributed by atoms with van der Waals surface area (Å²) in [7, 11) is 0. The molecule has 0 nitrogen and oxygen atoms in total. The molecule has 3 rings (SSSR count). The zero-order chi connectivity index (χ0) is 12.7. The first-order valence-corrected chi connectivity index (χ1v) is 6.63. The standard InChI is InChI=1S/C18H18/c1-4-14-10-9-12(2)17-11-15-7-5-6-8-16(15)13(3)18(14)17/h5-11H,4H2,1-3H3. The van der Waals surface area contributed by atoms with Crippen molar-refractivity contribution >= 4 is 21.5 Å². The highest BCUT2D eigenvalue weighted by Gasteiger charge is 2.08. The highest BCUT2D eigenvalue weighted by molar-refractivity contribution is 6.04. The monoisotopic (exact) mass is 234 g/mol. The quantitative estimate of drug-likeness (QED) is 0.509. The Hall–Kier alpha value is -1.82. The molecule has 0 heterocycles. The van der Waals surface area contributed by atoms with Crippen LogP contribution in [0.25, 0.3) is 21.5 Å². The maximum absolute atomic E-state index is 2.34. The molecule has 0 aliphatic carbocycles. The van der Waals surface area contributed by atoms with Crippen molar-refractivity contribution in [2.45, 2.75) is 27.2 Å². The van der Waals surface area contributed by atoms with Gasteiger partial charge in [-0.05, 0) is 64.6 Å². The van der Waals surface area contributed by atoms with E-state index in [1.807, 2.05) is 0 Å². The maximum Gasteiger partial charge on any atom is -0.0114 e. The molecule has 0 radical (unpaired) electrons. The number of aryl methyl sites for hydroxylation is 3. The molecule has 3 aromatic rings. The van der Waals surface area contributed by atoms with Gasteiger partial charge >= 0.3 is 0 Å². The molecule has 0 aromatic heterocycles. The lowest BCUT2D eigenvalue weighted by molar-refractivity contribution is 1.15. The second kappa shape index (κ2) is 4.13. The first-order chi connectivity index (χ1) is 8.72. The molecule has 90 valence electrons. The molecule has 0 N–H and O–H groups in total. The summed E-state index contributed by atoms with van der Waals surface area (Å²) in [6.07, 6.45) is 1.09. The molecule has 0 spiro atoms. The Morgan fingerprint density at radius 2 is 1.67 bits per heavy atom. The Kier molecular flexibility index (Phi) is 2.59. The van der Waals surface area contributed by atoms with Crippen LogP contribution in [-0.2, 0) is 6.42 Å². The van der Waals surface area contributed by atoms with E-state index in [2.05, 4.69) is 63.2 Å². The summed E-state index contributed by atoms with van der Waals surface area (Å²) in [5, 5.41) is 5.59. The van der Waals surface area contributed by atoms with Crippen LogP contribution >= 0.6 is 0 Å². The third-order valence-corrected chi connectivity index (χ3v) is 3.97. The van der Waals surface area contributed by atoms with Crippen molar-refractivity contribution in [2.24, 2.45) is 0 Å². The van der Waals surface area contributed by atoms with Crippen LogP contribution in [0.15, 0.2) is 42.5 Å². The molecule has 0 saturated carbocycles. The number of hydrogen-bond donors (Lipinski definition) is 0. The molecule has 0 amide bonds. The SMILES string of the molecule is CCc1ccc(C)c2cc3ccccc3c(C)c12. The van der Waals surface area contributed by atoms with Crippen LogP contribution in [0, 0.1) is 13.8 Å². The molecule has 0 heteroatoms. The highest BCUT2D eigenvalue weighted by atomic mass is 14.1. The number of benzene rings is 3. The van der Waals surface area contributed by atoms with Gasteiger partial charge in [0.05, 0.1) is 0 Å². The van der Waals surface area contributed by atoms with Gasteiger partial charge in [-0.2, -0.15) is 0 Å². The van der Waals surface area contributed by atoms with Crippen molar-refractivity contribution in [1.82, 2.24) is 0 Å². The summed E-state index contributed by atoms with van der Waals surface area (Å²) in [5.41, 5.74) is 4.25. The average Bonchev–Trinajstić information content (AvgIpc) is 2.40. The van der Waals surface area contributed by atoms with Crippen LogP contribution in [0.3, 0.4) is 0 Å². The Morgan fingerprint density at radius 3 is 2.44 bits per heavy atom. The third-order valence-electron chi connectivity index (χ3n) is 3.97. The Labute approximate surface area is 108 Å². The molecule has 0 unspecified atom stereocenters. The first kappa shape index (κ1) is 11.3. The summed E-state index contributed by atoms with van der Waals surface area (Å²) < 4.78 is 0. The van der Waals surface area contributed by atoms with Crippen molar-refractivity contribution in [3.8, 4) is 0 Å². The van der Waals surface area contributed by atoms with Crippen molar-refractivity contribution in [2.75, 3.05) is 0 Å². The van der Waals surface area contributed by atoms with Gasteiger partial charge in [0, 0.05) is 0 Å². The Bertz CT molecular complexity index is 736. The largest absolute Gasteiger partial charge is 0.0616 e. The van der Waals surface area contributed by atoms with Crippen LogP contribution in [0.5, 0.6) is 0 Å². The van der Waals surface area contributed by atoms with E-state index in [0.29, 0.717) is 0 Å². The van der Waals surface area contributed by atoms with E-state index in [-0.39, 0.29) is 0 Å². The predicted octanol–water partition coefficient (Wildman–Crippen LogP) is 5.17. The molecule has 18 heavy (non-hydrogen) atoms. The molecule has 0 bridgehead atoms. The fourth-order valence-corrected chi connectivity index (χ4v) is 2.95. The summed E-state index contributed by atoms with van der Waals surface area (Å²) >= 11 is 0. The van der Waals surface area contributed by atoms with Crippen LogP contribution in [0.1, 0.15) is 23.6 Å². The van der Waals surface area contributed by atoms with Gasteiger partial charge in [-0.15, -0.1) is 0 Å². The second-order valence-electron chi connectivity index (χ2n) is 5.04. The fourth-order valence-electron chi connectivity index (χ4n) is 2.95. The van der Waals surface area contributed by atoms with E-state index in [0.717, 1.165) is 6.42 Å². The zero-order valence-corrected chi connectivity index (χ0v) is 11.2. The van der Waals surface area contributed by atoms with Crippen molar-refractivity contribution < 1.29 is 0 Å². The Balaban J connectivity index is 2.59. The fraction of sp³-hybridized carbons (Fsp3) is 0.222. The average molecular weight is 234 g/mol. The second-order valence-corrected chi connectivity index (χ2v) is 5.04. The molecular formula is C18H18. The lowest BCUT2D eigenvalue weighted by atomic mass is 9.91. The normalized spacial score (nSPS) is 11.3. The molecule has 0 saturated heterocycles. The van der Waals surface area contributed by atoms with Gasteiger partial charge in [0.1, 0.15) is 0 Å². The third kappa shape index (κ3) is 1.53. The van der Waals surface area contributed by atoms with E-state index in [1.54, 1.807) is 0 Å². The van der Waals surface area contributed by atoms with Crippen molar-refractivity contribution in [3.63, 3.8) is 0 Å². The highest BCUT2D eigenvalue weighted by Crippen LogP contribution is 2.32. The summed E-state index contributed by atoms with van der Waals surface area (Å²) in [6.45, 7) is 6.69. The van der Waals surface area contributed by atoms with Crippen molar-refractivity contribution in [1.29, 1.82) is 0 Å². The summed E-state index contributed by atoms with van der Waals surface area (Å²) in [4.78, 5) is 0. The first-order valence-electron chi connectivity index (χ1n) is 6.63. The van der Waals surface area contributed by atoms with Gasteiger partial charge in [-0.1, -0.05) is 43.3 Å².